The standard InChI is InChI=1S/C22H18FN3O3S/c1-26(15-17-4-2-16(14-24)3-5-17)22(27)18-6-10-20(11-7-18)25-30(28,29)21-12-8-19(23)9-13-21/h2-13,25H,15H2,1H3. The van der Waals surface area contributed by atoms with Gasteiger partial charge in [-0.25, -0.2) is 12.8 Å². The van der Waals surface area contributed by atoms with E-state index in [1.165, 1.54) is 41.3 Å². The van der Waals surface area contributed by atoms with Gasteiger partial charge in [-0.05, 0) is 66.2 Å². The van der Waals surface area contributed by atoms with Crippen molar-refractivity contribution < 1.29 is 17.6 Å². The van der Waals surface area contributed by atoms with Gasteiger partial charge in [0.1, 0.15) is 5.82 Å². The summed E-state index contributed by atoms with van der Waals surface area (Å²) in [5.41, 5.74) is 2.11. The number of rotatable bonds is 6. The summed E-state index contributed by atoms with van der Waals surface area (Å²) in [6, 6.07) is 19.5. The van der Waals surface area contributed by atoms with Crippen LogP contribution in [0.2, 0.25) is 0 Å². The highest BCUT2D eigenvalue weighted by Crippen LogP contribution is 2.18. The fourth-order valence-corrected chi connectivity index (χ4v) is 3.82. The second kappa shape index (κ2) is 8.76. The van der Waals surface area contributed by atoms with Crippen LogP contribution in [-0.2, 0) is 16.6 Å². The Balaban J connectivity index is 1.67. The molecule has 3 aromatic rings. The van der Waals surface area contributed by atoms with Gasteiger partial charge in [-0.2, -0.15) is 5.26 Å². The van der Waals surface area contributed by atoms with Crippen LogP contribution in [0.15, 0.2) is 77.7 Å². The maximum absolute atomic E-state index is 13.0. The maximum Gasteiger partial charge on any atom is 0.261 e. The van der Waals surface area contributed by atoms with Crippen LogP contribution < -0.4 is 4.72 Å². The highest BCUT2D eigenvalue weighted by molar-refractivity contribution is 7.92. The molecule has 6 nitrogen and oxygen atoms in total. The smallest absolute Gasteiger partial charge is 0.261 e. The highest BCUT2D eigenvalue weighted by Gasteiger charge is 2.16. The first-order valence-corrected chi connectivity index (χ1v) is 10.4. The predicted octanol–water partition coefficient (Wildman–Crippen LogP) is 3.77. The van der Waals surface area contributed by atoms with Gasteiger partial charge in [-0.3, -0.25) is 9.52 Å². The van der Waals surface area contributed by atoms with Gasteiger partial charge in [0.2, 0.25) is 0 Å². The van der Waals surface area contributed by atoms with Crippen LogP contribution in [-0.4, -0.2) is 26.3 Å². The summed E-state index contributed by atoms with van der Waals surface area (Å²) in [7, 11) is -2.20. The molecular weight excluding hydrogens is 405 g/mol. The molecule has 8 heteroatoms. The zero-order valence-electron chi connectivity index (χ0n) is 16.0. The molecule has 0 aliphatic rings. The van der Waals surface area contributed by atoms with E-state index in [-0.39, 0.29) is 16.5 Å². The molecule has 3 aromatic carbocycles. The van der Waals surface area contributed by atoms with E-state index < -0.39 is 15.8 Å². The lowest BCUT2D eigenvalue weighted by Crippen LogP contribution is -2.26. The Morgan fingerprint density at radius 3 is 2.17 bits per heavy atom. The van der Waals surface area contributed by atoms with Crippen LogP contribution in [0.5, 0.6) is 0 Å². The van der Waals surface area contributed by atoms with Gasteiger partial charge >= 0.3 is 0 Å². The second-order valence-corrected chi connectivity index (χ2v) is 8.29. The van der Waals surface area contributed by atoms with Crippen LogP contribution in [0.1, 0.15) is 21.5 Å². The lowest BCUT2D eigenvalue weighted by molar-refractivity contribution is 0.0785. The van der Waals surface area contributed by atoms with Crippen molar-refractivity contribution in [2.75, 3.05) is 11.8 Å². The highest BCUT2D eigenvalue weighted by atomic mass is 32.2. The zero-order chi connectivity index (χ0) is 21.7. The molecular formula is C22H18FN3O3S. The molecule has 30 heavy (non-hydrogen) atoms. The first-order valence-electron chi connectivity index (χ1n) is 8.91. The van der Waals surface area contributed by atoms with Crippen molar-refractivity contribution in [3.63, 3.8) is 0 Å². The van der Waals surface area contributed by atoms with Gasteiger partial charge in [-0.1, -0.05) is 12.1 Å². The number of carbonyl (C=O) groups is 1. The fourth-order valence-electron chi connectivity index (χ4n) is 2.76. The van der Waals surface area contributed by atoms with Gasteiger partial charge in [0.25, 0.3) is 15.9 Å². The number of nitrogens with one attached hydrogen (secondary N) is 1. The Labute approximate surface area is 174 Å². The topological polar surface area (TPSA) is 90.3 Å². The number of anilines is 1. The average Bonchev–Trinajstić information content (AvgIpc) is 2.74. The van der Waals surface area contributed by atoms with Gasteiger partial charge in [0.05, 0.1) is 16.5 Å². The van der Waals surface area contributed by atoms with Crippen molar-refractivity contribution in [1.82, 2.24) is 4.90 Å². The number of benzene rings is 3. The van der Waals surface area contributed by atoms with E-state index in [4.69, 9.17) is 5.26 Å². The van der Waals surface area contributed by atoms with Gasteiger partial charge < -0.3 is 4.90 Å². The SMILES string of the molecule is CN(Cc1ccc(C#N)cc1)C(=O)c1ccc(NS(=O)(=O)c2ccc(F)cc2)cc1. The van der Waals surface area contributed by atoms with Crippen molar-refractivity contribution in [3.8, 4) is 6.07 Å². The molecule has 1 amide bonds. The Morgan fingerprint density at radius 2 is 1.60 bits per heavy atom. The van der Waals surface area contributed by atoms with E-state index in [1.807, 2.05) is 6.07 Å². The van der Waals surface area contributed by atoms with Crippen LogP contribution >= 0.6 is 0 Å². The number of nitriles is 1. The van der Waals surface area contributed by atoms with Gasteiger partial charge in [0.15, 0.2) is 0 Å². The van der Waals surface area contributed by atoms with Crippen LogP contribution in [0, 0.1) is 17.1 Å². The molecule has 0 saturated heterocycles. The molecule has 0 unspecified atom stereocenters. The van der Waals surface area contributed by atoms with E-state index in [9.17, 15) is 17.6 Å². The Hall–Kier alpha value is -3.70. The van der Waals surface area contributed by atoms with Crippen molar-refractivity contribution in [2.45, 2.75) is 11.4 Å². The first kappa shape index (κ1) is 21.0. The largest absolute Gasteiger partial charge is 0.337 e. The molecule has 0 saturated carbocycles. The van der Waals surface area contributed by atoms with Crippen molar-refractivity contribution in [2.24, 2.45) is 0 Å². The Bertz CT molecular complexity index is 1180. The van der Waals surface area contributed by atoms with Gasteiger partial charge in [0, 0.05) is 24.8 Å². The number of nitrogens with zero attached hydrogens (tertiary/aromatic N) is 2. The normalized spacial score (nSPS) is 10.8. The number of hydrogen-bond acceptors (Lipinski definition) is 4. The molecule has 1 N–H and O–H groups in total. The van der Waals surface area contributed by atoms with Gasteiger partial charge in [-0.15, -0.1) is 0 Å². The minimum Gasteiger partial charge on any atom is -0.337 e. The molecule has 0 atom stereocenters. The van der Waals surface area contributed by atoms with Crippen LogP contribution in [0.25, 0.3) is 0 Å². The summed E-state index contributed by atoms with van der Waals surface area (Å²) in [6.07, 6.45) is 0. The van der Waals surface area contributed by atoms with Crippen molar-refractivity contribution in [3.05, 3.63) is 95.3 Å². The number of hydrogen-bond donors (Lipinski definition) is 1. The molecule has 0 radical (unpaired) electrons. The zero-order valence-corrected chi connectivity index (χ0v) is 16.9. The summed E-state index contributed by atoms with van der Waals surface area (Å²) in [5, 5.41) is 8.84. The summed E-state index contributed by atoms with van der Waals surface area (Å²) < 4.78 is 40.1. The minimum atomic E-state index is -3.86. The third-order valence-corrected chi connectivity index (χ3v) is 5.75. The first-order chi connectivity index (χ1) is 14.3. The lowest BCUT2D eigenvalue weighted by atomic mass is 10.1. The minimum absolute atomic E-state index is 0.0637. The monoisotopic (exact) mass is 423 g/mol. The average molecular weight is 423 g/mol. The third kappa shape index (κ3) is 5.01. The maximum atomic E-state index is 13.0. The van der Waals surface area contributed by atoms with E-state index >= 15 is 0 Å². The summed E-state index contributed by atoms with van der Waals surface area (Å²) in [4.78, 5) is 14.1. The number of amides is 1. The summed E-state index contributed by atoms with van der Waals surface area (Å²) >= 11 is 0. The molecule has 152 valence electrons. The predicted molar refractivity (Wildman–Crippen MR) is 111 cm³/mol. The van der Waals surface area contributed by atoms with Crippen molar-refractivity contribution in [1.29, 1.82) is 5.26 Å². The molecule has 0 spiro atoms. The van der Waals surface area contributed by atoms with E-state index in [0.29, 0.717) is 17.7 Å². The number of sulfonamides is 1. The van der Waals surface area contributed by atoms with E-state index in [0.717, 1.165) is 17.7 Å². The molecule has 0 aliphatic heterocycles. The van der Waals surface area contributed by atoms with E-state index in [2.05, 4.69) is 4.72 Å². The molecule has 0 heterocycles. The molecule has 0 bridgehead atoms. The molecule has 0 fully saturated rings. The van der Waals surface area contributed by atoms with E-state index in [1.54, 1.807) is 31.3 Å². The summed E-state index contributed by atoms with van der Waals surface area (Å²) in [6.45, 7) is 0.365. The number of carbonyl (C=O) groups excluding carboxylic acids is 1. The van der Waals surface area contributed by atoms with Crippen LogP contribution in [0.3, 0.4) is 0 Å². The number of halogens is 1. The molecule has 3 rings (SSSR count). The lowest BCUT2D eigenvalue weighted by Gasteiger charge is -2.17. The van der Waals surface area contributed by atoms with Crippen LogP contribution in [0.4, 0.5) is 10.1 Å². The molecule has 0 aliphatic carbocycles. The fraction of sp³-hybridized carbons (Fsp3) is 0.0909. The molecule has 0 aromatic heterocycles. The quantitative estimate of drug-likeness (QED) is 0.653. The summed E-state index contributed by atoms with van der Waals surface area (Å²) in [5.74, 6) is -0.755. The Morgan fingerprint density at radius 1 is 1.00 bits per heavy atom. The van der Waals surface area contributed by atoms with Crippen molar-refractivity contribution >= 4 is 21.6 Å². The Kier molecular flexibility index (Phi) is 6.14. The second-order valence-electron chi connectivity index (χ2n) is 6.61. The third-order valence-electron chi connectivity index (χ3n) is 4.36.